The minimum absolute atomic E-state index is 0.270. The Labute approximate surface area is 198 Å². The van der Waals surface area contributed by atoms with E-state index in [0.717, 1.165) is 27.5 Å². The maximum Gasteiger partial charge on any atom is 0.252 e. The van der Waals surface area contributed by atoms with Gasteiger partial charge in [0.15, 0.2) is 6.10 Å². The third kappa shape index (κ3) is 5.57. The van der Waals surface area contributed by atoms with Crippen LogP contribution in [0.2, 0.25) is 0 Å². The van der Waals surface area contributed by atoms with Crippen LogP contribution in [0.25, 0.3) is 22.9 Å². The average Bonchev–Trinajstić information content (AvgIpc) is 2.87. The first-order valence-corrected chi connectivity index (χ1v) is 11.1. The molecule has 0 aliphatic carbocycles. The standard InChI is InChI=1S/C29H26N2O3/c30-28(33)27(32)26(19-20-8-2-1-3-9-20)31-29(34)25-13-7-6-11-23(25)17-15-21-14-16-22-10-4-5-12-24(22)18-21/h1-18,26-27,32H,19H2,(H2,30,33)(H,31,34). The van der Waals surface area contributed by atoms with Crippen LogP contribution in [0.5, 0.6) is 0 Å². The second-order valence-corrected chi connectivity index (χ2v) is 8.14. The summed E-state index contributed by atoms with van der Waals surface area (Å²) in [7, 11) is 0. The van der Waals surface area contributed by atoms with E-state index in [2.05, 4.69) is 29.6 Å². The molecule has 4 aromatic carbocycles. The lowest BCUT2D eigenvalue weighted by Crippen LogP contribution is -2.50. The molecule has 5 nitrogen and oxygen atoms in total. The second kappa shape index (κ2) is 10.6. The van der Waals surface area contributed by atoms with Crippen molar-refractivity contribution in [2.45, 2.75) is 18.6 Å². The normalized spacial score (nSPS) is 13.0. The summed E-state index contributed by atoms with van der Waals surface area (Å²) in [4.78, 5) is 24.8. The van der Waals surface area contributed by atoms with E-state index in [1.54, 1.807) is 12.1 Å². The van der Waals surface area contributed by atoms with Crippen molar-refractivity contribution in [1.29, 1.82) is 0 Å². The van der Waals surface area contributed by atoms with E-state index in [9.17, 15) is 14.7 Å². The Balaban J connectivity index is 1.56. The van der Waals surface area contributed by atoms with Crippen molar-refractivity contribution in [3.05, 3.63) is 119 Å². The Bertz CT molecular complexity index is 1330. The first-order valence-electron chi connectivity index (χ1n) is 11.1. The predicted octanol–water partition coefficient (Wildman–Crippen LogP) is 4.20. The quantitative estimate of drug-likeness (QED) is 0.351. The summed E-state index contributed by atoms with van der Waals surface area (Å²) in [6, 6.07) is 30.0. The number of hydrogen-bond donors (Lipinski definition) is 3. The molecule has 0 aliphatic heterocycles. The molecule has 4 rings (SSSR count). The van der Waals surface area contributed by atoms with Crippen LogP contribution in [-0.4, -0.2) is 29.1 Å². The summed E-state index contributed by atoms with van der Waals surface area (Å²) < 4.78 is 0. The fourth-order valence-corrected chi connectivity index (χ4v) is 3.90. The number of aliphatic hydroxyl groups is 1. The summed E-state index contributed by atoms with van der Waals surface area (Å²) >= 11 is 0. The summed E-state index contributed by atoms with van der Waals surface area (Å²) in [5.41, 5.74) is 8.38. The molecule has 170 valence electrons. The number of carbonyl (C=O) groups is 2. The summed E-state index contributed by atoms with van der Waals surface area (Å²) in [5, 5.41) is 15.5. The van der Waals surface area contributed by atoms with Gasteiger partial charge >= 0.3 is 0 Å². The summed E-state index contributed by atoms with van der Waals surface area (Å²) in [6.45, 7) is 0. The van der Waals surface area contributed by atoms with Crippen molar-refractivity contribution >= 4 is 34.7 Å². The lowest BCUT2D eigenvalue weighted by Gasteiger charge is -2.22. The fraction of sp³-hybridized carbons (Fsp3) is 0.103. The van der Waals surface area contributed by atoms with Crippen molar-refractivity contribution in [3.63, 3.8) is 0 Å². The van der Waals surface area contributed by atoms with Crippen LogP contribution in [0.15, 0.2) is 97.1 Å². The molecule has 34 heavy (non-hydrogen) atoms. The number of amides is 2. The highest BCUT2D eigenvalue weighted by molar-refractivity contribution is 5.99. The van der Waals surface area contributed by atoms with Crippen LogP contribution in [0.3, 0.4) is 0 Å². The van der Waals surface area contributed by atoms with Crippen molar-refractivity contribution < 1.29 is 14.7 Å². The molecule has 0 aromatic heterocycles. The molecule has 4 aromatic rings. The van der Waals surface area contributed by atoms with E-state index in [1.165, 1.54) is 0 Å². The summed E-state index contributed by atoms with van der Waals surface area (Å²) in [5.74, 6) is -1.27. The maximum absolute atomic E-state index is 13.2. The van der Waals surface area contributed by atoms with Crippen molar-refractivity contribution in [1.82, 2.24) is 5.32 Å². The van der Waals surface area contributed by atoms with E-state index in [1.807, 2.05) is 72.8 Å². The van der Waals surface area contributed by atoms with E-state index >= 15 is 0 Å². The van der Waals surface area contributed by atoms with Gasteiger partial charge in [-0.1, -0.05) is 97.1 Å². The Morgan fingerprint density at radius 2 is 1.50 bits per heavy atom. The van der Waals surface area contributed by atoms with Crippen LogP contribution >= 0.6 is 0 Å². The van der Waals surface area contributed by atoms with Gasteiger partial charge in [-0.05, 0) is 46.0 Å². The number of nitrogens with one attached hydrogen (secondary N) is 1. The largest absolute Gasteiger partial charge is 0.381 e. The molecule has 5 heteroatoms. The molecule has 0 saturated carbocycles. The molecule has 0 spiro atoms. The van der Waals surface area contributed by atoms with E-state index in [4.69, 9.17) is 5.73 Å². The highest BCUT2D eigenvalue weighted by Crippen LogP contribution is 2.19. The summed E-state index contributed by atoms with van der Waals surface area (Å²) in [6.07, 6.45) is 2.60. The van der Waals surface area contributed by atoms with E-state index in [0.29, 0.717) is 5.56 Å². The third-order valence-electron chi connectivity index (χ3n) is 5.72. The molecule has 0 radical (unpaired) electrons. The third-order valence-corrected chi connectivity index (χ3v) is 5.72. The number of benzene rings is 4. The molecular formula is C29H26N2O3. The van der Waals surface area contributed by atoms with Crippen LogP contribution in [-0.2, 0) is 11.2 Å². The van der Waals surface area contributed by atoms with Gasteiger partial charge in [0.1, 0.15) is 0 Å². The first kappa shape index (κ1) is 23.0. The zero-order chi connectivity index (χ0) is 23.9. The van der Waals surface area contributed by atoms with Gasteiger partial charge < -0.3 is 16.2 Å². The molecule has 2 amide bonds. The maximum atomic E-state index is 13.2. The van der Waals surface area contributed by atoms with Gasteiger partial charge in [-0.2, -0.15) is 0 Å². The van der Waals surface area contributed by atoms with Gasteiger partial charge in [0.25, 0.3) is 5.91 Å². The van der Waals surface area contributed by atoms with Gasteiger partial charge in [-0.15, -0.1) is 0 Å². The van der Waals surface area contributed by atoms with Crippen LogP contribution in [0.1, 0.15) is 27.0 Å². The molecule has 0 bridgehead atoms. The molecule has 4 N–H and O–H groups in total. The predicted molar refractivity (Wildman–Crippen MR) is 136 cm³/mol. The van der Waals surface area contributed by atoms with Gasteiger partial charge in [-0.25, -0.2) is 0 Å². The number of fused-ring (bicyclic) bond motifs is 1. The molecule has 2 atom stereocenters. The van der Waals surface area contributed by atoms with Crippen molar-refractivity contribution in [2.75, 3.05) is 0 Å². The SMILES string of the molecule is NC(=O)C(O)C(Cc1ccccc1)NC(=O)c1ccccc1C=Cc1ccc2ccccc2c1. The Hall–Kier alpha value is -4.22. The Kier molecular flexibility index (Phi) is 7.16. The van der Waals surface area contributed by atoms with Crippen LogP contribution in [0, 0.1) is 0 Å². The van der Waals surface area contributed by atoms with Gasteiger partial charge in [0.2, 0.25) is 5.91 Å². The molecular weight excluding hydrogens is 424 g/mol. The van der Waals surface area contributed by atoms with E-state index in [-0.39, 0.29) is 12.3 Å². The number of aliphatic hydroxyl groups excluding tert-OH is 1. The number of primary amides is 1. The zero-order valence-electron chi connectivity index (χ0n) is 18.6. The average molecular weight is 451 g/mol. The number of hydrogen-bond acceptors (Lipinski definition) is 3. The second-order valence-electron chi connectivity index (χ2n) is 8.14. The number of rotatable bonds is 8. The van der Waals surface area contributed by atoms with Crippen molar-refractivity contribution in [2.24, 2.45) is 5.73 Å². The molecule has 0 saturated heterocycles. The smallest absolute Gasteiger partial charge is 0.252 e. The van der Waals surface area contributed by atoms with Gasteiger partial charge in [0, 0.05) is 5.56 Å². The fourth-order valence-electron chi connectivity index (χ4n) is 3.90. The Morgan fingerprint density at radius 3 is 2.26 bits per heavy atom. The van der Waals surface area contributed by atoms with Gasteiger partial charge in [-0.3, -0.25) is 9.59 Å². The lowest BCUT2D eigenvalue weighted by atomic mass is 9.99. The highest BCUT2D eigenvalue weighted by atomic mass is 16.3. The minimum atomic E-state index is -1.51. The van der Waals surface area contributed by atoms with E-state index < -0.39 is 18.1 Å². The highest BCUT2D eigenvalue weighted by Gasteiger charge is 2.27. The van der Waals surface area contributed by atoms with Crippen LogP contribution in [0.4, 0.5) is 0 Å². The van der Waals surface area contributed by atoms with Gasteiger partial charge in [0.05, 0.1) is 6.04 Å². The zero-order valence-corrected chi connectivity index (χ0v) is 18.6. The minimum Gasteiger partial charge on any atom is -0.381 e. The lowest BCUT2D eigenvalue weighted by molar-refractivity contribution is -0.127. The molecule has 0 heterocycles. The molecule has 2 unspecified atom stereocenters. The monoisotopic (exact) mass is 450 g/mol. The Morgan fingerprint density at radius 1 is 0.824 bits per heavy atom. The number of carbonyl (C=O) groups excluding carboxylic acids is 2. The number of nitrogens with two attached hydrogens (primary N) is 1. The topological polar surface area (TPSA) is 92.4 Å². The molecule has 0 fully saturated rings. The first-order chi connectivity index (χ1) is 16.5. The molecule has 0 aliphatic rings. The van der Waals surface area contributed by atoms with Crippen LogP contribution < -0.4 is 11.1 Å². The van der Waals surface area contributed by atoms with Crippen molar-refractivity contribution in [3.8, 4) is 0 Å².